The monoisotopic (exact) mass is 300 g/mol. The molecule has 1 aromatic heterocycles. The van der Waals surface area contributed by atoms with Crippen molar-refractivity contribution >= 4 is 17.0 Å². The van der Waals surface area contributed by atoms with E-state index in [0.717, 1.165) is 10.6 Å². The second-order valence-corrected chi connectivity index (χ2v) is 5.44. The van der Waals surface area contributed by atoms with Gasteiger partial charge in [0.15, 0.2) is 0 Å². The number of benzene rings is 1. The first-order valence-corrected chi connectivity index (χ1v) is 6.41. The molecule has 0 bridgehead atoms. The Balaban J connectivity index is 2.83. The predicted octanol–water partition coefficient (Wildman–Crippen LogP) is 3.90. The summed E-state index contributed by atoms with van der Waals surface area (Å²) >= 11 is 0. The molecule has 2 aromatic rings. The number of hydrogen-bond donors (Lipinski definition) is 1. The van der Waals surface area contributed by atoms with Crippen LogP contribution in [0.5, 0.6) is 0 Å². The summed E-state index contributed by atoms with van der Waals surface area (Å²) < 4.78 is 40.8. The first-order chi connectivity index (χ1) is 9.58. The molecule has 0 saturated carbocycles. The van der Waals surface area contributed by atoms with Crippen LogP contribution in [0, 0.1) is 0 Å². The molecular formula is C14H15F3N2O2. The molecule has 0 atom stereocenters. The molecule has 0 unspecified atom stereocenters. The number of carboxylic acid groups (broad SMARTS) is 1. The van der Waals surface area contributed by atoms with Gasteiger partial charge in [-0.25, -0.2) is 9.78 Å². The molecule has 21 heavy (non-hydrogen) atoms. The summed E-state index contributed by atoms with van der Waals surface area (Å²) in [6.07, 6.45) is -4.13. The fourth-order valence-electron chi connectivity index (χ4n) is 2.17. The molecule has 7 heteroatoms. The second-order valence-electron chi connectivity index (χ2n) is 5.44. The molecule has 1 N–H and O–H groups in total. The Morgan fingerprint density at radius 1 is 1.33 bits per heavy atom. The predicted molar refractivity (Wildman–Crippen MR) is 71.3 cm³/mol. The van der Waals surface area contributed by atoms with E-state index in [9.17, 15) is 18.0 Å². The maximum Gasteiger partial charge on any atom is 0.449 e. The van der Waals surface area contributed by atoms with Gasteiger partial charge in [-0.2, -0.15) is 13.2 Å². The molecule has 0 saturated heterocycles. The lowest BCUT2D eigenvalue weighted by molar-refractivity contribution is -0.148. The van der Waals surface area contributed by atoms with Gasteiger partial charge in [-0.3, -0.25) is 0 Å². The van der Waals surface area contributed by atoms with E-state index in [-0.39, 0.29) is 16.6 Å². The van der Waals surface area contributed by atoms with Gasteiger partial charge in [-0.1, -0.05) is 6.92 Å². The van der Waals surface area contributed by atoms with Gasteiger partial charge in [0.25, 0.3) is 0 Å². The number of carboxylic acids is 1. The molecule has 0 aliphatic carbocycles. The van der Waals surface area contributed by atoms with Crippen molar-refractivity contribution < 1.29 is 23.1 Å². The molecule has 1 aromatic carbocycles. The minimum atomic E-state index is -4.60. The van der Waals surface area contributed by atoms with Gasteiger partial charge in [-0.15, -0.1) is 0 Å². The summed E-state index contributed by atoms with van der Waals surface area (Å²) in [5, 5.41) is 8.93. The topological polar surface area (TPSA) is 55.1 Å². The van der Waals surface area contributed by atoms with Crippen LogP contribution in [-0.4, -0.2) is 20.6 Å². The van der Waals surface area contributed by atoms with Crippen LogP contribution in [0.4, 0.5) is 13.2 Å². The van der Waals surface area contributed by atoms with Gasteiger partial charge >= 0.3 is 12.1 Å². The maximum atomic E-state index is 13.2. The zero-order valence-corrected chi connectivity index (χ0v) is 11.8. The Kier molecular flexibility index (Phi) is 3.47. The highest BCUT2D eigenvalue weighted by atomic mass is 19.4. The third kappa shape index (κ3) is 2.59. The lowest BCUT2D eigenvalue weighted by Crippen LogP contribution is -2.30. The average molecular weight is 300 g/mol. The zero-order chi connectivity index (χ0) is 16.0. The Morgan fingerprint density at radius 2 is 1.95 bits per heavy atom. The summed E-state index contributed by atoms with van der Waals surface area (Å²) in [7, 11) is 0. The van der Waals surface area contributed by atoms with E-state index in [1.165, 1.54) is 12.1 Å². The highest BCUT2D eigenvalue weighted by Gasteiger charge is 2.40. The molecule has 0 amide bonds. The molecule has 0 fully saturated rings. The van der Waals surface area contributed by atoms with Crippen LogP contribution in [0.25, 0.3) is 11.0 Å². The van der Waals surface area contributed by atoms with Crippen LogP contribution in [0.2, 0.25) is 0 Å². The van der Waals surface area contributed by atoms with E-state index in [4.69, 9.17) is 5.11 Å². The van der Waals surface area contributed by atoms with Crippen LogP contribution < -0.4 is 0 Å². The zero-order valence-electron chi connectivity index (χ0n) is 11.8. The van der Waals surface area contributed by atoms with Crippen molar-refractivity contribution in [2.45, 2.75) is 38.9 Å². The van der Waals surface area contributed by atoms with Crippen molar-refractivity contribution in [3.8, 4) is 0 Å². The number of aromatic carboxylic acids is 1. The van der Waals surface area contributed by atoms with E-state index >= 15 is 0 Å². The molecule has 1 heterocycles. The number of fused-ring (bicyclic) bond motifs is 1. The van der Waals surface area contributed by atoms with Crippen LogP contribution in [0.1, 0.15) is 43.4 Å². The maximum absolute atomic E-state index is 13.2. The third-order valence-electron chi connectivity index (χ3n) is 3.63. The summed E-state index contributed by atoms with van der Waals surface area (Å²) in [6, 6.07) is 3.82. The van der Waals surface area contributed by atoms with Gasteiger partial charge in [0.05, 0.1) is 16.6 Å². The summed E-state index contributed by atoms with van der Waals surface area (Å²) in [4.78, 5) is 14.5. The molecule has 0 aliphatic rings. The first-order valence-electron chi connectivity index (χ1n) is 6.41. The molecule has 0 aliphatic heterocycles. The molecule has 4 nitrogen and oxygen atoms in total. The lowest BCUT2D eigenvalue weighted by Gasteiger charge is -2.28. The molecule has 0 spiro atoms. The standard InChI is InChI=1S/C14H15F3N2O2/c1-4-13(2,3)19-10-6-5-8(11(20)21)7-9(10)18-12(19)14(15,16)17/h5-7H,4H2,1-3H3,(H,20,21). The normalized spacial score (nSPS) is 12.9. The highest BCUT2D eigenvalue weighted by Crippen LogP contribution is 2.36. The molecule has 114 valence electrons. The van der Waals surface area contributed by atoms with Crippen molar-refractivity contribution in [1.82, 2.24) is 9.55 Å². The smallest absolute Gasteiger partial charge is 0.449 e. The number of halogens is 3. The number of aromatic nitrogens is 2. The van der Waals surface area contributed by atoms with Crippen molar-refractivity contribution in [2.75, 3.05) is 0 Å². The fraction of sp³-hybridized carbons (Fsp3) is 0.429. The van der Waals surface area contributed by atoms with Crippen LogP contribution in [0.15, 0.2) is 18.2 Å². The highest BCUT2D eigenvalue weighted by molar-refractivity contribution is 5.92. The average Bonchev–Trinajstić information content (AvgIpc) is 2.77. The largest absolute Gasteiger partial charge is 0.478 e. The van der Waals surface area contributed by atoms with E-state index in [1.807, 2.05) is 0 Å². The first kappa shape index (κ1) is 15.3. The molecule has 0 radical (unpaired) electrons. The van der Waals surface area contributed by atoms with E-state index < -0.39 is 23.5 Å². The van der Waals surface area contributed by atoms with Gasteiger partial charge in [-0.05, 0) is 38.5 Å². The Hall–Kier alpha value is -2.05. The Morgan fingerprint density at radius 3 is 2.43 bits per heavy atom. The minimum Gasteiger partial charge on any atom is -0.478 e. The third-order valence-corrected chi connectivity index (χ3v) is 3.63. The van der Waals surface area contributed by atoms with Crippen molar-refractivity contribution in [3.63, 3.8) is 0 Å². The van der Waals surface area contributed by atoms with Crippen molar-refractivity contribution in [1.29, 1.82) is 0 Å². The van der Waals surface area contributed by atoms with Crippen molar-refractivity contribution in [2.24, 2.45) is 0 Å². The molecular weight excluding hydrogens is 285 g/mol. The van der Waals surface area contributed by atoms with Gasteiger partial charge in [0.2, 0.25) is 5.82 Å². The quantitative estimate of drug-likeness (QED) is 0.935. The van der Waals surface area contributed by atoms with Crippen molar-refractivity contribution in [3.05, 3.63) is 29.6 Å². The molecule has 2 rings (SSSR count). The SMILES string of the molecule is CCC(C)(C)n1c(C(F)(F)F)nc2cc(C(=O)O)ccc21. The Labute approximate surface area is 119 Å². The van der Waals surface area contributed by atoms with E-state index in [1.54, 1.807) is 20.8 Å². The van der Waals surface area contributed by atoms with Gasteiger partial charge < -0.3 is 9.67 Å². The number of nitrogens with zero attached hydrogens (tertiary/aromatic N) is 2. The van der Waals surface area contributed by atoms with Gasteiger partial charge in [0, 0.05) is 5.54 Å². The van der Waals surface area contributed by atoms with Gasteiger partial charge in [0.1, 0.15) is 0 Å². The number of rotatable bonds is 3. The number of carbonyl (C=O) groups is 1. The summed E-state index contributed by atoms with van der Waals surface area (Å²) in [6.45, 7) is 5.17. The minimum absolute atomic E-state index is 0.0313. The van der Waals surface area contributed by atoms with Crippen LogP contribution in [-0.2, 0) is 11.7 Å². The van der Waals surface area contributed by atoms with E-state index in [2.05, 4.69) is 4.98 Å². The second kappa shape index (κ2) is 4.75. The Bertz CT molecular complexity index is 702. The fourth-order valence-corrected chi connectivity index (χ4v) is 2.17. The summed E-state index contributed by atoms with van der Waals surface area (Å²) in [5.41, 5.74) is -0.567. The van der Waals surface area contributed by atoms with E-state index in [0.29, 0.717) is 6.42 Å². The number of alkyl halides is 3. The van der Waals surface area contributed by atoms with Crippen LogP contribution >= 0.6 is 0 Å². The van der Waals surface area contributed by atoms with Crippen LogP contribution in [0.3, 0.4) is 0 Å². The number of hydrogen-bond acceptors (Lipinski definition) is 2. The number of imidazole rings is 1. The summed E-state index contributed by atoms with van der Waals surface area (Å²) in [5.74, 6) is -2.21. The lowest BCUT2D eigenvalue weighted by atomic mass is 10.0.